The van der Waals surface area contributed by atoms with Crippen molar-refractivity contribution in [2.45, 2.75) is 18.5 Å². The van der Waals surface area contributed by atoms with Crippen LogP contribution in [-0.4, -0.2) is 32.4 Å². The van der Waals surface area contributed by atoms with Gasteiger partial charge in [-0.25, -0.2) is 0 Å². The van der Waals surface area contributed by atoms with Gasteiger partial charge in [0.2, 0.25) is 0 Å². The van der Waals surface area contributed by atoms with Crippen molar-refractivity contribution in [3.8, 4) is 5.75 Å². The number of hydrogen-bond acceptors (Lipinski definition) is 4. The third kappa shape index (κ3) is 2.46. The van der Waals surface area contributed by atoms with Crippen LogP contribution < -0.4 is 15.8 Å². The van der Waals surface area contributed by atoms with Crippen LogP contribution in [0.25, 0.3) is 0 Å². The number of anilines is 1. The van der Waals surface area contributed by atoms with Gasteiger partial charge in [-0.15, -0.1) is 0 Å². The minimum atomic E-state index is 0.0404. The van der Waals surface area contributed by atoms with E-state index in [0.29, 0.717) is 6.61 Å². The van der Waals surface area contributed by atoms with E-state index in [-0.39, 0.29) is 12.1 Å². The van der Waals surface area contributed by atoms with E-state index in [1.165, 1.54) is 0 Å². The molecule has 0 radical (unpaired) electrons. The van der Waals surface area contributed by atoms with E-state index in [1.807, 2.05) is 24.3 Å². The second-order valence-electron chi connectivity index (χ2n) is 3.98. The predicted molar refractivity (Wildman–Crippen MR) is 63.8 cm³/mol. The van der Waals surface area contributed by atoms with E-state index in [1.54, 1.807) is 7.11 Å². The summed E-state index contributed by atoms with van der Waals surface area (Å²) in [5.41, 5.74) is 6.98. The molecule has 1 fully saturated rings. The van der Waals surface area contributed by atoms with Crippen LogP contribution in [0.1, 0.15) is 6.42 Å². The molecule has 1 saturated heterocycles. The third-order valence-corrected chi connectivity index (χ3v) is 2.85. The van der Waals surface area contributed by atoms with Gasteiger partial charge in [0.25, 0.3) is 0 Å². The number of hydrogen-bond donors (Lipinski definition) is 2. The van der Waals surface area contributed by atoms with Crippen LogP contribution in [0.5, 0.6) is 5.75 Å². The average Bonchev–Trinajstić information content (AvgIpc) is 2.33. The van der Waals surface area contributed by atoms with Gasteiger partial charge in [-0.2, -0.15) is 0 Å². The lowest BCUT2D eigenvalue weighted by molar-refractivity contribution is 0.0752. The van der Waals surface area contributed by atoms with Crippen LogP contribution in [0.15, 0.2) is 24.3 Å². The molecular formula is C12H18N2O2. The van der Waals surface area contributed by atoms with Gasteiger partial charge in [0.15, 0.2) is 0 Å². The quantitative estimate of drug-likeness (QED) is 0.807. The van der Waals surface area contributed by atoms with Crippen molar-refractivity contribution in [3.63, 3.8) is 0 Å². The Morgan fingerprint density at radius 1 is 1.44 bits per heavy atom. The highest BCUT2D eigenvalue weighted by Crippen LogP contribution is 2.25. The van der Waals surface area contributed by atoms with E-state index in [9.17, 15) is 0 Å². The van der Waals surface area contributed by atoms with Gasteiger partial charge >= 0.3 is 0 Å². The summed E-state index contributed by atoms with van der Waals surface area (Å²) in [6.07, 6.45) is 0.930. The number of para-hydroxylation sites is 2. The molecule has 88 valence electrons. The van der Waals surface area contributed by atoms with E-state index in [0.717, 1.165) is 24.5 Å². The SMILES string of the molecule is COc1ccccc1NC1CCOCC1N. The number of methoxy groups -OCH3 is 1. The first-order chi connectivity index (χ1) is 7.81. The van der Waals surface area contributed by atoms with E-state index in [4.69, 9.17) is 15.2 Å². The summed E-state index contributed by atoms with van der Waals surface area (Å²) in [7, 11) is 1.67. The zero-order chi connectivity index (χ0) is 11.4. The van der Waals surface area contributed by atoms with Crippen molar-refractivity contribution in [1.82, 2.24) is 0 Å². The monoisotopic (exact) mass is 222 g/mol. The maximum absolute atomic E-state index is 5.99. The smallest absolute Gasteiger partial charge is 0.141 e. The molecule has 2 unspecified atom stereocenters. The second-order valence-corrected chi connectivity index (χ2v) is 3.98. The van der Waals surface area contributed by atoms with Gasteiger partial charge in [0.1, 0.15) is 5.75 Å². The summed E-state index contributed by atoms with van der Waals surface area (Å²) in [6.45, 7) is 1.38. The number of benzene rings is 1. The normalized spacial score (nSPS) is 25.1. The lowest BCUT2D eigenvalue weighted by atomic mass is 10.0. The maximum atomic E-state index is 5.99. The lowest BCUT2D eigenvalue weighted by Gasteiger charge is -2.30. The fourth-order valence-electron chi connectivity index (χ4n) is 1.90. The molecule has 1 aliphatic rings. The summed E-state index contributed by atoms with van der Waals surface area (Å²) in [5, 5.41) is 3.42. The first-order valence-electron chi connectivity index (χ1n) is 5.54. The summed E-state index contributed by atoms with van der Waals surface area (Å²) in [4.78, 5) is 0. The molecule has 0 aliphatic carbocycles. The molecule has 1 aromatic rings. The number of rotatable bonds is 3. The molecule has 2 atom stereocenters. The standard InChI is InChI=1S/C12H18N2O2/c1-15-12-5-3-2-4-11(12)14-10-6-7-16-8-9(10)13/h2-5,9-10,14H,6-8,13H2,1H3. The fourth-order valence-corrected chi connectivity index (χ4v) is 1.90. The molecule has 0 amide bonds. The first kappa shape index (κ1) is 11.2. The summed E-state index contributed by atoms with van der Waals surface area (Å²) in [5.74, 6) is 0.848. The maximum Gasteiger partial charge on any atom is 0.141 e. The summed E-state index contributed by atoms with van der Waals surface area (Å²) >= 11 is 0. The van der Waals surface area contributed by atoms with Crippen LogP contribution in [0, 0.1) is 0 Å². The molecule has 1 aliphatic heterocycles. The zero-order valence-corrected chi connectivity index (χ0v) is 9.48. The van der Waals surface area contributed by atoms with Crippen LogP contribution in [-0.2, 0) is 4.74 Å². The Hall–Kier alpha value is -1.26. The Morgan fingerprint density at radius 2 is 2.25 bits per heavy atom. The van der Waals surface area contributed by atoms with E-state index < -0.39 is 0 Å². The van der Waals surface area contributed by atoms with Crippen molar-refractivity contribution >= 4 is 5.69 Å². The minimum absolute atomic E-state index is 0.0404. The Morgan fingerprint density at radius 3 is 3.00 bits per heavy atom. The van der Waals surface area contributed by atoms with Crippen LogP contribution in [0.4, 0.5) is 5.69 Å². The average molecular weight is 222 g/mol. The van der Waals surface area contributed by atoms with Crippen LogP contribution in [0.3, 0.4) is 0 Å². The lowest BCUT2D eigenvalue weighted by Crippen LogP contribution is -2.47. The molecule has 0 spiro atoms. The molecule has 0 bridgehead atoms. The molecule has 4 nitrogen and oxygen atoms in total. The van der Waals surface area contributed by atoms with Crippen molar-refractivity contribution < 1.29 is 9.47 Å². The van der Waals surface area contributed by atoms with Gasteiger partial charge in [-0.1, -0.05) is 12.1 Å². The second kappa shape index (κ2) is 5.18. The molecule has 0 saturated carbocycles. The minimum Gasteiger partial charge on any atom is -0.495 e. The van der Waals surface area contributed by atoms with Gasteiger partial charge < -0.3 is 20.5 Å². The largest absolute Gasteiger partial charge is 0.495 e. The van der Waals surface area contributed by atoms with Gasteiger partial charge in [0, 0.05) is 18.7 Å². The van der Waals surface area contributed by atoms with Crippen LogP contribution in [0.2, 0.25) is 0 Å². The Balaban J connectivity index is 2.07. The highest BCUT2D eigenvalue weighted by Gasteiger charge is 2.22. The fraction of sp³-hybridized carbons (Fsp3) is 0.500. The number of ether oxygens (including phenoxy) is 2. The molecular weight excluding hydrogens is 204 g/mol. The number of nitrogens with two attached hydrogens (primary N) is 1. The van der Waals surface area contributed by atoms with Crippen molar-refractivity contribution in [3.05, 3.63) is 24.3 Å². The van der Waals surface area contributed by atoms with Gasteiger partial charge in [-0.3, -0.25) is 0 Å². The Labute approximate surface area is 95.7 Å². The van der Waals surface area contributed by atoms with Gasteiger partial charge in [-0.05, 0) is 18.6 Å². The molecule has 4 heteroatoms. The predicted octanol–water partition coefficient (Wildman–Crippen LogP) is 1.22. The molecule has 0 aromatic heterocycles. The van der Waals surface area contributed by atoms with Crippen molar-refractivity contribution in [2.24, 2.45) is 5.73 Å². The van der Waals surface area contributed by atoms with E-state index >= 15 is 0 Å². The molecule has 16 heavy (non-hydrogen) atoms. The van der Waals surface area contributed by atoms with Crippen molar-refractivity contribution in [2.75, 3.05) is 25.6 Å². The highest BCUT2D eigenvalue weighted by atomic mass is 16.5. The third-order valence-electron chi connectivity index (χ3n) is 2.85. The Kier molecular flexibility index (Phi) is 3.64. The van der Waals surface area contributed by atoms with Crippen LogP contribution >= 0.6 is 0 Å². The zero-order valence-electron chi connectivity index (χ0n) is 9.48. The summed E-state index contributed by atoms with van der Waals surface area (Å²) in [6, 6.07) is 8.17. The van der Waals surface area contributed by atoms with Crippen molar-refractivity contribution in [1.29, 1.82) is 0 Å². The molecule has 1 aromatic carbocycles. The van der Waals surface area contributed by atoms with Gasteiger partial charge in [0.05, 0.1) is 19.4 Å². The summed E-state index contributed by atoms with van der Waals surface area (Å²) < 4.78 is 10.6. The first-order valence-corrected chi connectivity index (χ1v) is 5.54. The highest BCUT2D eigenvalue weighted by molar-refractivity contribution is 5.56. The molecule has 2 rings (SSSR count). The van der Waals surface area contributed by atoms with E-state index in [2.05, 4.69) is 5.32 Å². The number of nitrogens with one attached hydrogen (secondary N) is 1. The topological polar surface area (TPSA) is 56.5 Å². The molecule has 3 N–H and O–H groups in total. The Bertz CT molecular complexity index is 344. The molecule has 1 heterocycles.